The van der Waals surface area contributed by atoms with E-state index in [1.165, 1.54) is 16.9 Å². The third-order valence-corrected chi connectivity index (χ3v) is 2.44. The first kappa shape index (κ1) is 8.17. The Bertz CT molecular complexity index is 317. The summed E-state index contributed by atoms with van der Waals surface area (Å²) in [5, 5.41) is 6.81. The van der Waals surface area contributed by atoms with E-state index in [1.54, 1.807) is 0 Å². The Morgan fingerprint density at radius 1 is 1.23 bits per heavy atom. The lowest BCUT2D eigenvalue weighted by Crippen LogP contribution is -2.23. The van der Waals surface area contributed by atoms with Gasteiger partial charge in [0.1, 0.15) is 6.17 Å². The molecule has 2 N–H and O–H groups in total. The Kier molecular flexibility index (Phi) is 1.97. The smallest absolute Gasteiger partial charge is 0.119 e. The van der Waals surface area contributed by atoms with E-state index in [4.69, 9.17) is 0 Å². The molecule has 2 nitrogen and oxygen atoms in total. The largest absolute Gasteiger partial charge is 0.360 e. The molecule has 13 heavy (non-hydrogen) atoms. The number of nitrogens with one attached hydrogen (secondary N) is 2. The van der Waals surface area contributed by atoms with Crippen molar-refractivity contribution in [3.8, 4) is 0 Å². The van der Waals surface area contributed by atoms with Gasteiger partial charge in [0.15, 0.2) is 0 Å². The number of rotatable bonds is 1. The van der Waals surface area contributed by atoms with Crippen LogP contribution in [0, 0.1) is 0 Å². The van der Waals surface area contributed by atoms with Gasteiger partial charge in [-0.3, -0.25) is 0 Å². The predicted molar refractivity (Wildman–Crippen MR) is 56.9 cm³/mol. The first-order chi connectivity index (χ1) is 6.31. The molecule has 1 aliphatic rings. The molecule has 1 aliphatic heterocycles. The van der Waals surface area contributed by atoms with Gasteiger partial charge < -0.3 is 10.6 Å². The minimum Gasteiger partial charge on any atom is -0.360 e. The van der Waals surface area contributed by atoms with Crippen molar-refractivity contribution >= 4 is 11.4 Å². The van der Waals surface area contributed by atoms with Gasteiger partial charge in [-0.15, -0.1) is 0 Å². The molecule has 2 heteroatoms. The minimum atomic E-state index is 0.266. The monoisotopic (exact) mass is 174 g/mol. The number of para-hydroxylation sites is 2. The standard InChI is InChI=1S/C11H14N2/c1-3-8(2)11-12-9-6-4-5-7-10(9)13-11/h3-7,11-13H,1-2H3/b8-3+. The van der Waals surface area contributed by atoms with Gasteiger partial charge in [0.25, 0.3) is 0 Å². The Morgan fingerprint density at radius 3 is 2.23 bits per heavy atom. The molecule has 0 fully saturated rings. The normalized spacial score (nSPS) is 16.3. The predicted octanol–water partition coefficient (Wildman–Crippen LogP) is 2.82. The van der Waals surface area contributed by atoms with Crippen LogP contribution in [-0.2, 0) is 0 Å². The highest BCUT2D eigenvalue weighted by atomic mass is 15.2. The molecule has 1 aromatic carbocycles. The van der Waals surface area contributed by atoms with E-state index in [0.717, 1.165) is 0 Å². The van der Waals surface area contributed by atoms with E-state index in [0.29, 0.717) is 0 Å². The van der Waals surface area contributed by atoms with E-state index in [1.807, 2.05) is 12.1 Å². The lowest BCUT2D eigenvalue weighted by molar-refractivity contribution is 0.973. The fraction of sp³-hybridized carbons (Fsp3) is 0.273. The average Bonchev–Trinajstić information content (AvgIpc) is 2.59. The van der Waals surface area contributed by atoms with Crippen LogP contribution < -0.4 is 10.6 Å². The van der Waals surface area contributed by atoms with Gasteiger partial charge in [0.2, 0.25) is 0 Å². The number of allylic oxidation sites excluding steroid dienone is 1. The Balaban J connectivity index is 2.23. The van der Waals surface area contributed by atoms with Crippen LogP contribution in [0.4, 0.5) is 11.4 Å². The third kappa shape index (κ3) is 1.39. The highest BCUT2D eigenvalue weighted by molar-refractivity contribution is 5.75. The van der Waals surface area contributed by atoms with Crippen molar-refractivity contribution < 1.29 is 0 Å². The Morgan fingerprint density at radius 2 is 1.77 bits per heavy atom. The molecule has 0 spiro atoms. The summed E-state index contributed by atoms with van der Waals surface area (Å²) in [7, 11) is 0. The van der Waals surface area contributed by atoms with Crippen LogP contribution in [0.3, 0.4) is 0 Å². The van der Waals surface area contributed by atoms with E-state index >= 15 is 0 Å². The van der Waals surface area contributed by atoms with Gasteiger partial charge in [-0.25, -0.2) is 0 Å². The molecule has 0 saturated heterocycles. The summed E-state index contributed by atoms with van der Waals surface area (Å²) < 4.78 is 0. The second kappa shape index (κ2) is 3.13. The number of hydrogen-bond donors (Lipinski definition) is 2. The number of benzene rings is 1. The first-order valence-corrected chi connectivity index (χ1v) is 4.56. The van der Waals surface area contributed by atoms with Crippen LogP contribution >= 0.6 is 0 Å². The maximum Gasteiger partial charge on any atom is 0.119 e. The van der Waals surface area contributed by atoms with Crippen LogP contribution in [0.15, 0.2) is 35.9 Å². The van der Waals surface area contributed by atoms with Gasteiger partial charge >= 0.3 is 0 Å². The molecule has 1 heterocycles. The molecular formula is C11H14N2. The van der Waals surface area contributed by atoms with Crippen molar-refractivity contribution in [3.05, 3.63) is 35.9 Å². The SMILES string of the molecule is C/C=C(\C)C1Nc2ccccc2N1. The summed E-state index contributed by atoms with van der Waals surface area (Å²) in [6.45, 7) is 4.18. The lowest BCUT2D eigenvalue weighted by atomic mass is 10.2. The highest BCUT2D eigenvalue weighted by Crippen LogP contribution is 2.29. The van der Waals surface area contributed by atoms with Gasteiger partial charge in [0, 0.05) is 0 Å². The van der Waals surface area contributed by atoms with E-state index < -0.39 is 0 Å². The van der Waals surface area contributed by atoms with Crippen molar-refractivity contribution in [2.45, 2.75) is 20.0 Å². The molecule has 1 aromatic rings. The quantitative estimate of drug-likeness (QED) is 0.640. The zero-order valence-electron chi connectivity index (χ0n) is 7.96. The summed E-state index contributed by atoms with van der Waals surface area (Å²) in [5.41, 5.74) is 3.69. The van der Waals surface area contributed by atoms with Gasteiger partial charge in [-0.1, -0.05) is 18.2 Å². The number of fused-ring (bicyclic) bond motifs is 1. The molecular weight excluding hydrogens is 160 g/mol. The molecule has 0 radical (unpaired) electrons. The zero-order valence-corrected chi connectivity index (χ0v) is 7.96. The average molecular weight is 174 g/mol. The molecule has 0 bridgehead atoms. The third-order valence-electron chi connectivity index (χ3n) is 2.44. The van der Waals surface area contributed by atoms with Gasteiger partial charge in [-0.2, -0.15) is 0 Å². The van der Waals surface area contributed by atoms with E-state index in [2.05, 4.69) is 42.7 Å². The van der Waals surface area contributed by atoms with Crippen molar-refractivity contribution in [1.82, 2.24) is 0 Å². The molecule has 0 amide bonds. The zero-order chi connectivity index (χ0) is 9.26. The maximum atomic E-state index is 3.41. The van der Waals surface area contributed by atoms with Crippen LogP contribution in [0.5, 0.6) is 0 Å². The number of hydrogen-bond acceptors (Lipinski definition) is 2. The van der Waals surface area contributed by atoms with Crippen LogP contribution in [-0.4, -0.2) is 6.17 Å². The lowest BCUT2D eigenvalue weighted by Gasteiger charge is -2.12. The van der Waals surface area contributed by atoms with Crippen LogP contribution in [0.2, 0.25) is 0 Å². The molecule has 0 aromatic heterocycles. The van der Waals surface area contributed by atoms with Crippen molar-refractivity contribution in [3.63, 3.8) is 0 Å². The fourth-order valence-corrected chi connectivity index (χ4v) is 1.48. The molecule has 0 aliphatic carbocycles. The summed E-state index contributed by atoms with van der Waals surface area (Å²) in [5.74, 6) is 0. The highest BCUT2D eigenvalue weighted by Gasteiger charge is 2.18. The van der Waals surface area contributed by atoms with E-state index in [9.17, 15) is 0 Å². The minimum absolute atomic E-state index is 0.266. The topological polar surface area (TPSA) is 24.1 Å². The molecule has 68 valence electrons. The van der Waals surface area contributed by atoms with Crippen LogP contribution in [0.1, 0.15) is 13.8 Å². The molecule has 0 saturated carbocycles. The Labute approximate surface area is 78.7 Å². The second-order valence-corrected chi connectivity index (χ2v) is 3.30. The summed E-state index contributed by atoms with van der Waals surface area (Å²) in [6, 6.07) is 8.26. The molecule has 0 unspecified atom stereocenters. The first-order valence-electron chi connectivity index (χ1n) is 4.56. The maximum absolute atomic E-state index is 3.41. The fourth-order valence-electron chi connectivity index (χ4n) is 1.48. The van der Waals surface area contributed by atoms with E-state index in [-0.39, 0.29) is 6.17 Å². The van der Waals surface area contributed by atoms with Gasteiger partial charge in [-0.05, 0) is 31.6 Å². The number of anilines is 2. The van der Waals surface area contributed by atoms with Crippen molar-refractivity contribution in [2.75, 3.05) is 10.6 Å². The summed E-state index contributed by atoms with van der Waals surface area (Å²) >= 11 is 0. The molecule has 0 atom stereocenters. The van der Waals surface area contributed by atoms with Gasteiger partial charge in [0.05, 0.1) is 11.4 Å². The van der Waals surface area contributed by atoms with Crippen molar-refractivity contribution in [1.29, 1.82) is 0 Å². The van der Waals surface area contributed by atoms with Crippen molar-refractivity contribution in [2.24, 2.45) is 0 Å². The van der Waals surface area contributed by atoms with Crippen LogP contribution in [0.25, 0.3) is 0 Å². The summed E-state index contributed by atoms with van der Waals surface area (Å²) in [4.78, 5) is 0. The Hall–Kier alpha value is -1.44. The second-order valence-electron chi connectivity index (χ2n) is 3.30. The summed E-state index contributed by atoms with van der Waals surface area (Å²) in [6.07, 6.45) is 2.39. The molecule has 2 rings (SSSR count).